The van der Waals surface area contributed by atoms with Crippen LogP contribution in [0.15, 0.2) is 60.7 Å². The van der Waals surface area contributed by atoms with E-state index in [-0.39, 0.29) is 93.8 Å². The van der Waals surface area contributed by atoms with Crippen molar-refractivity contribution in [1.82, 2.24) is 40.9 Å². The maximum absolute atomic E-state index is 14.4. The molecule has 0 bridgehead atoms. The lowest BCUT2D eigenvalue weighted by molar-refractivity contribution is -0.140. The predicted octanol–water partition coefficient (Wildman–Crippen LogP) is 8.03. The number of aliphatic hydroxyl groups is 1. The monoisotopic (exact) mass is 1330 g/mol. The van der Waals surface area contributed by atoms with Gasteiger partial charge in [-0.1, -0.05) is 74.3 Å². The van der Waals surface area contributed by atoms with E-state index < -0.39 is 122 Å². The van der Waals surface area contributed by atoms with Crippen LogP contribution in [0.1, 0.15) is 173 Å². The van der Waals surface area contributed by atoms with Gasteiger partial charge in [-0.3, -0.25) is 29.0 Å². The molecule has 5 N–H and O–H groups in total. The van der Waals surface area contributed by atoms with E-state index in [1.165, 1.54) is 31.7 Å². The third-order valence-corrected chi connectivity index (χ3v) is 21.5. The van der Waals surface area contributed by atoms with Crippen molar-refractivity contribution in [2.45, 2.75) is 241 Å². The Bertz CT molecular complexity index is 3390. The van der Waals surface area contributed by atoms with E-state index in [0.29, 0.717) is 73.6 Å². The third-order valence-electron chi connectivity index (χ3n) is 19.2. The van der Waals surface area contributed by atoms with E-state index in [4.69, 9.17) is 18.9 Å². The molecule has 9 aliphatic rings. The molecule has 2 saturated heterocycles. The van der Waals surface area contributed by atoms with E-state index in [1.54, 1.807) is 65.8 Å². The normalized spacial score (nSPS) is 29.6. The van der Waals surface area contributed by atoms with Gasteiger partial charge in [0, 0.05) is 54.4 Å². The molecule has 23 nitrogen and oxygen atoms in total. The van der Waals surface area contributed by atoms with Gasteiger partial charge in [0.15, 0.2) is 9.84 Å². The fraction of sp³-hybridized carbons (Fsp3) is 0.647. The Morgan fingerprint density at radius 3 is 1.48 bits per heavy atom. The highest BCUT2D eigenvalue weighted by molar-refractivity contribution is 7.92. The maximum atomic E-state index is 14.4. The van der Waals surface area contributed by atoms with Crippen molar-refractivity contribution >= 4 is 57.8 Å². The Morgan fingerprint density at radius 1 is 0.617 bits per heavy atom. The van der Waals surface area contributed by atoms with Gasteiger partial charge in [-0.25, -0.2) is 36.4 Å². The van der Waals surface area contributed by atoms with Gasteiger partial charge < -0.3 is 55.1 Å². The lowest BCUT2D eigenvalue weighted by atomic mass is 10.0. The fourth-order valence-electron chi connectivity index (χ4n) is 13.7. The van der Waals surface area contributed by atoms with Crippen molar-refractivity contribution in [3.05, 3.63) is 94.6 Å². The Morgan fingerprint density at radius 2 is 1.05 bits per heavy atom. The third kappa shape index (κ3) is 17.2. The molecule has 11 rings (SSSR count). The number of amides is 8. The number of alkyl carbamates (subject to hydrolysis) is 2. The predicted molar refractivity (Wildman–Crippen MR) is 339 cm³/mol. The minimum absolute atomic E-state index is 0.00851. The number of nitrogens with zero attached hydrogens (tertiary/aromatic N) is 4. The van der Waals surface area contributed by atoms with E-state index in [1.807, 2.05) is 6.08 Å². The topological polar surface area (TPSA) is 289 Å². The van der Waals surface area contributed by atoms with E-state index in [9.17, 15) is 60.7 Å². The first-order chi connectivity index (χ1) is 44.5. The minimum Gasteiger partial charge on any atom is -0.444 e. The Hall–Kier alpha value is -7.35. The number of aliphatic hydroxyl groups excluding tert-OH is 1. The van der Waals surface area contributed by atoms with Crippen LogP contribution >= 0.6 is 0 Å². The van der Waals surface area contributed by atoms with Crippen molar-refractivity contribution in [1.29, 1.82) is 0 Å². The van der Waals surface area contributed by atoms with Gasteiger partial charge in [0.25, 0.3) is 0 Å². The fourth-order valence-corrected chi connectivity index (χ4v) is 15.6. The average molecular weight is 1330 g/mol. The molecule has 3 saturated carbocycles. The summed E-state index contributed by atoms with van der Waals surface area (Å²) >= 11 is 0. The van der Waals surface area contributed by atoms with Crippen molar-refractivity contribution in [2.75, 3.05) is 25.4 Å². The van der Waals surface area contributed by atoms with Gasteiger partial charge in [-0.05, 0) is 135 Å². The number of rotatable bonds is 9. The molecule has 2 aromatic rings. The van der Waals surface area contributed by atoms with Crippen LogP contribution in [0.4, 0.5) is 28.0 Å². The average Bonchev–Trinajstić information content (AvgIpc) is 1.60. The first kappa shape index (κ1) is 69.5. The zero-order valence-corrected chi connectivity index (χ0v) is 55.6. The molecule has 10 atom stereocenters. The van der Waals surface area contributed by atoms with Crippen molar-refractivity contribution in [2.24, 2.45) is 11.8 Å². The molecule has 6 aliphatic heterocycles. The van der Waals surface area contributed by atoms with Crippen LogP contribution in [0, 0.1) is 23.5 Å². The first-order valence-electron chi connectivity index (χ1n) is 33.4. The number of carbonyl (C=O) groups is 8. The van der Waals surface area contributed by atoms with Crippen LogP contribution in [-0.4, -0.2) is 170 Å². The second-order valence-electron chi connectivity index (χ2n) is 28.9. The first-order valence-corrected chi connectivity index (χ1v) is 35.1. The molecule has 0 radical (unpaired) electrons. The van der Waals surface area contributed by atoms with E-state index >= 15 is 0 Å². The van der Waals surface area contributed by atoms with E-state index in [2.05, 4.69) is 39.5 Å². The highest BCUT2D eigenvalue weighted by Gasteiger charge is 2.58. The Balaban J connectivity index is 0.000000207. The summed E-state index contributed by atoms with van der Waals surface area (Å²) < 4.78 is 76.9. The molecule has 3 aliphatic carbocycles. The number of carbonyl (C=O) groups excluding carboxylic acids is 8. The summed E-state index contributed by atoms with van der Waals surface area (Å²) in [5.41, 5.74) is -0.883. The van der Waals surface area contributed by atoms with Crippen LogP contribution in [0.2, 0.25) is 0 Å². The highest BCUT2D eigenvalue weighted by Crippen LogP contribution is 2.49. The quantitative estimate of drug-likeness (QED) is 0.117. The van der Waals surface area contributed by atoms with Crippen LogP contribution in [0.5, 0.6) is 0 Å². The van der Waals surface area contributed by atoms with Crippen LogP contribution in [0.3, 0.4) is 0 Å². The van der Waals surface area contributed by atoms with Gasteiger partial charge >= 0.3 is 24.4 Å². The summed E-state index contributed by atoms with van der Waals surface area (Å²) in [7, 11) is -3.27. The molecule has 5 fully saturated rings. The number of benzene rings is 2. The van der Waals surface area contributed by atoms with Gasteiger partial charge in [-0.2, -0.15) is 0 Å². The molecule has 8 amide bonds. The zero-order valence-electron chi connectivity index (χ0n) is 54.8. The lowest BCUT2D eigenvalue weighted by Crippen LogP contribution is -2.56. The lowest BCUT2D eigenvalue weighted by Gasteiger charge is -2.30. The van der Waals surface area contributed by atoms with Crippen molar-refractivity contribution in [3.8, 4) is 0 Å². The SMILES string of the molecule is CC(C)(C)OC(=O)N[C@H]1CCCCC/C=C\[C@@H]2C[C@@]2(CCS(=O)(=O)C2CC2)NC(=O)[C@@H]2C[C@@H](OC(=O)N3Cc4cccc(F)c4C3)CN2C1=O.CC(C)(C)OC(=O)N[C@H]1CCCCC/C=C\[C@@H]2C[C@@]2(CO)NC(=O)[C@@H]2C[C@@H](OC(=O)N3Cc4cccc(F)c4C3)CN2C1=O. The standard InChI is InChI=1S/C36H49FN4O8S.C32H43FN4O7/c1-35(2,3)49-33(44)38-29-13-8-6-4-5-7-11-24-19-36(24,16-17-50(46,47)26-14-15-26)39-31(42)30-18-25(21-41(30)32(29)43)48-34(45)40-20-23-10-9-12-28(37)27(23)22-40;1-31(2,3)44-29(41)34-25-13-8-6-4-5-7-11-21-15-32(21,19-38)35-27(39)26-14-22(17-37(26)28(25)40)43-30(42)36-16-20-10-9-12-24(33)23(20)18-36/h7,9-12,24-26,29-30H,4-6,8,13-22H2,1-3H3,(H,38,44)(H,39,42);7,9-12,21-22,25-26,38H,4-6,8,13-19H2,1-3H3,(H,34,41)(H,35,39)/b2*11-7-/t24-,25-,29+,30+,36-;21-,22-,25+,26+,32+/m11/s1. The van der Waals surface area contributed by atoms with Gasteiger partial charge in [0.05, 0.1) is 49.3 Å². The minimum atomic E-state index is -3.27. The number of sulfone groups is 1. The molecule has 0 aromatic heterocycles. The molecular weight excluding hydrogens is 1240 g/mol. The summed E-state index contributed by atoms with van der Waals surface area (Å²) in [5.74, 6) is -2.75. The number of halogens is 2. The summed E-state index contributed by atoms with van der Waals surface area (Å²) in [6.07, 6.45) is 13.6. The van der Waals surface area contributed by atoms with Crippen LogP contribution in [0.25, 0.3) is 0 Å². The highest BCUT2D eigenvalue weighted by atomic mass is 32.2. The molecule has 94 heavy (non-hydrogen) atoms. The number of allylic oxidation sites excluding steroid dienone is 2. The molecule has 514 valence electrons. The number of nitrogens with one attached hydrogen (secondary N) is 4. The molecule has 0 spiro atoms. The Kier molecular flexibility index (Phi) is 21.1. The zero-order chi connectivity index (χ0) is 67.5. The Labute approximate surface area is 548 Å². The second kappa shape index (κ2) is 28.5. The summed E-state index contributed by atoms with van der Waals surface area (Å²) in [4.78, 5) is 114. The molecule has 26 heteroatoms. The number of fused-ring (bicyclic) bond motifs is 6. The van der Waals surface area contributed by atoms with Gasteiger partial charge in [-0.15, -0.1) is 0 Å². The van der Waals surface area contributed by atoms with Crippen LogP contribution < -0.4 is 21.3 Å². The maximum Gasteiger partial charge on any atom is 0.410 e. The molecule has 6 heterocycles. The van der Waals surface area contributed by atoms with Gasteiger partial charge in [0.2, 0.25) is 23.6 Å². The molecule has 2 aromatic carbocycles. The summed E-state index contributed by atoms with van der Waals surface area (Å²) in [6, 6.07) is 5.42. The summed E-state index contributed by atoms with van der Waals surface area (Å²) in [6.45, 7) is 10.5. The van der Waals surface area contributed by atoms with E-state index in [0.717, 1.165) is 38.5 Å². The molecular formula is C68H92F2N8O15S. The largest absolute Gasteiger partial charge is 0.444 e. The second-order valence-corrected chi connectivity index (χ2v) is 31.3. The number of hydrogen-bond donors (Lipinski definition) is 5. The van der Waals surface area contributed by atoms with Gasteiger partial charge in [0.1, 0.15) is 59.2 Å². The molecule has 0 unspecified atom stereocenters. The smallest absolute Gasteiger partial charge is 0.410 e. The van der Waals surface area contributed by atoms with Crippen molar-refractivity contribution in [3.63, 3.8) is 0 Å². The number of ether oxygens (including phenoxy) is 4. The summed E-state index contributed by atoms with van der Waals surface area (Å²) in [5, 5.41) is 21.4. The van der Waals surface area contributed by atoms with Crippen molar-refractivity contribution < 1.29 is 79.6 Å². The number of hydrogen-bond acceptors (Lipinski definition) is 15. The van der Waals surface area contributed by atoms with Crippen LogP contribution in [-0.2, 0) is 74.1 Å².